The number of hydrogen-bond acceptors (Lipinski definition) is 4. The molecule has 0 saturated heterocycles. The lowest BCUT2D eigenvalue weighted by molar-refractivity contribution is -0.120. The molecule has 0 saturated carbocycles. The average molecular weight is 176 g/mol. The van der Waals surface area contributed by atoms with Crippen molar-refractivity contribution in [3.05, 3.63) is 0 Å². The van der Waals surface area contributed by atoms with Gasteiger partial charge in [-0.05, 0) is 6.42 Å². The van der Waals surface area contributed by atoms with E-state index in [1.165, 1.54) is 0 Å². The number of hydrogen-bond donors (Lipinski definition) is 3. The van der Waals surface area contributed by atoms with E-state index in [1.807, 2.05) is 0 Å². The van der Waals surface area contributed by atoms with Gasteiger partial charge in [-0.25, -0.2) is 0 Å². The van der Waals surface area contributed by atoms with Crippen molar-refractivity contribution < 1.29 is 14.6 Å². The van der Waals surface area contributed by atoms with Crippen molar-refractivity contribution in [1.82, 2.24) is 5.32 Å². The van der Waals surface area contributed by atoms with Crippen LogP contribution < -0.4 is 11.1 Å². The number of carbonyl (C=O) groups excluding carboxylic acids is 1. The zero-order valence-corrected chi connectivity index (χ0v) is 7.25. The van der Waals surface area contributed by atoms with Gasteiger partial charge in [0.15, 0.2) is 0 Å². The Kier molecular flexibility index (Phi) is 6.64. The molecule has 0 fully saturated rings. The first-order valence-corrected chi connectivity index (χ1v) is 3.83. The van der Waals surface area contributed by atoms with Crippen molar-refractivity contribution in [3.63, 3.8) is 0 Å². The molecule has 72 valence electrons. The number of amides is 1. The summed E-state index contributed by atoms with van der Waals surface area (Å²) >= 11 is 0. The van der Waals surface area contributed by atoms with E-state index in [-0.39, 0.29) is 25.1 Å². The first-order valence-electron chi connectivity index (χ1n) is 3.83. The van der Waals surface area contributed by atoms with Crippen molar-refractivity contribution in [2.75, 3.05) is 26.9 Å². The molecule has 5 heteroatoms. The third kappa shape index (κ3) is 5.06. The van der Waals surface area contributed by atoms with Crippen molar-refractivity contribution in [1.29, 1.82) is 0 Å². The lowest BCUT2D eigenvalue weighted by atomic mass is 10.2. The van der Waals surface area contributed by atoms with E-state index < -0.39 is 0 Å². The Morgan fingerprint density at radius 1 is 1.75 bits per heavy atom. The third-order valence-corrected chi connectivity index (χ3v) is 1.40. The Balaban J connectivity index is 3.68. The molecule has 0 aromatic rings. The minimum absolute atomic E-state index is 0.0267. The average Bonchev–Trinajstić information content (AvgIpc) is 2.05. The Bertz CT molecular complexity index is 124. The molecular weight excluding hydrogens is 160 g/mol. The summed E-state index contributed by atoms with van der Waals surface area (Å²) < 4.78 is 4.84. The van der Waals surface area contributed by atoms with Gasteiger partial charge in [-0.1, -0.05) is 0 Å². The summed E-state index contributed by atoms with van der Waals surface area (Å²) in [6, 6.07) is -0.143. The van der Waals surface area contributed by atoms with Crippen molar-refractivity contribution in [2.24, 2.45) is 5.73 Å². The molecule has 1 unspecified atom stereocenters. The lowest BCUT2D eigenvalue weighted by Crippen LogP contribution is -2.41. The number of methoxy groups -OCH3 is 1. The van der Waals surface area contributed by atoms with Gasteiger partial charge in [-0.3, -0.25) is 4.79 Å². The van der Waals surface area contributed by atoms with Crippen LogP contribution in [0.3, 0.4) is 0 Å². The summed E-state index contributed by atoms with van der Waals surface area (Å²) in [5, 5.41) is 11.2. The Hall–Kier alpha value is -0.650. The zero-order valence-electron chi connectivity index (χ0n) is 7.25. The smallest absolute Gasteiger partial charge is 0.234 e. The molecule has 0 radical (unpaired) electrons. The molecule has 1 atom stereocenters. The first kappa shape index (κ1) is 11.4. The maximum Gasteiger partial charge on any atom is 0.234 e. The summed E-state index contributed by atoms with van der Waals surface area (Å²) in [4.78, 5) is 10.8. The molecule has 0 aliphatic carbocycles. The standard InChI is InChI=1S/C7H16N2O3/c1-12-5-6(2-3-10)9-7(11)4-8/h6,10H,2-5,8H2,1H3,(H,9,11). The second-order valence-corrected chi connectivity index (χ2v) is 2.44. The topological polar surface area (TPSA) is 84.6 Å². The summed E-state index contributed by atoms with van der Waals surface area (Å²) in [6.07, 6.45) is 0.486. The molecule has 12 heavy (non-hydrogen) atoms. The molecule has 1 amide bonds. The molecule has 5 nitrogen and oxygen atoms in total. The number of aliphatic hydroxyl groups is 1. The van der Waals surface area contributed by atoms with E-state index in [9.17, 15) is 4.79 Å². The summed E-state index contributed by atoms with van der Waals surface area (Å²) in [6.45, 7) is 0.386. The predicted molar refractivity (Wildman–Crippen MR) is 44.6 cm³/mol. The fourth-order valence-electron chi connectivity index (χ4n) is 0.841. The van der Waals surface area contributed by atoms with Gasteiger partial charge in [0, 0.05) is 13.7 Å². The van der Waals surface area contributed by atoms with E-state index in [1.54, 1.807) is 7.11 Å². The molecule has 0 aliphatic rings. The van der Waals surface area contributed by atoms with Crippen LogP contribution in [0.4, 0.5) is 0 Å². The van der Waals surface area contributed by atoms with Gasteiger partial charge in [-0.15, -0.1) is 0 Å². The van der Waals surface area contributed by atoms with Gasteiger partial charge in [0.1, 0.15) is 0 Å². The highest BCUT2D eigenvalue weighted by atomic mass is 16.5. The normalized spacial score (nSPS) is 12.6. The minimum atomic E-state index is -0.231. The minimum Gasteiger partial charge on any atom is -0.396 e. The van der Waals surface area contributed by atoms with Crippen molar-refractivity contribution in [3.8, 4) is 0 Å². The molecule has 4 N–H and O–H groups in total. The zero-order chi connectivity index (χ0) is 9.40. The highest BCUT2D eigenvalue weighted by Crippen LogP contribution is 1.90. The number of rotatable bonds is 6. The fourth-order valence-corrected chi connectivity index (χ4v) is 0.841. The Morgan fingerprint density at radius 3 is 2.83 bits per heavy atom. The van der Waals surface area contributed by atoms with Gasteiger partial charge in [0.05, 0.1) is 19.2 Å². The van der Waals surface area contributed by atoms with Crippen LogP contribution in [-0.4, -0.2) is 43.9 Å². The van der Waals surface area contributed by atoms with Gasteiger partial charge in [0.25, 0.3) is 0 Å². The van der Waals surface area contributed by atoms with E-state index in [4.69, 9.17) is 15.6 Å². The van der Waals surface area contributed by atoms with Crippen LogP contribution in [0, 0.1) is 0 Å². The third-order valence-electron chi connectivity index (χ3n) is 1.40. The van der Waals surface area contributed by atoms with E-state index in [2.05, 4.69) is 5.32 Å². The largest absolute Gasteiger partial charge is 0.396 e. The first-order chi connectivity index (χ1) is 5.74. The second-order valence-electron chi connectivity index (χ2n) is 2.44. The summed E-state index contributed by atoms with van der Waals surface area (Å²) in [5.41, 5.74) is 5.10. The van der Waals surface area contributed by atoms with Crippen LogP contribution in [0.2, 0.25) is 0 Å². The monoisotopic (exact) mass is 176 g/mol. The van der Waals surface area contributed by atoms with E-state index in [0.717, 1.165) is 0 Å². The van der Waals surface area contributed by atoms with Gasteiger partial charge in [0.2, 0.25) is 5.91 Å². The molecule has 0 spiro atoms. The quantitative estimate of drug-likeness (QED) is 0.458. The van der Waals surface area contributed by atoms with Crippen LogP contribution in [0.25, 0.3) is 0 Å². The van der Waals surface area contributed by atoms with Crippen LogP contribution in [0.15, 0.2) is 0 Å². The molecule has 0 aliphatic heterocycles. The highest BCUT2D eigenvalue weighted by Gasteiger charge is 2.09. The molecule has 0 aromatic carbocycles. The van der Waals surface area contributed by atoms with E-state index >= 15 is 0 Å². The van der Waals surface area contributed by atoms with Crippen LogP contribution in [-0.2, 0) is 9.53 Å². The highest BCUT2D eigenvalue weighted by molar-refractivity contribution is 5.78. The van der Waals surface area contributed by atoms with Gasteiger partial charge >= 0.3 is 0 Å². The number of carbonyl (C=O) groups is 1. The fraction of sp³-hybridized carbons (Fsp3) is 0.857. The van der Waals surface area contributed by atoms with Crippen molar-refractivity contribution >= 4 is 5.91 Å². The van der Waals surface area contributed by atoms with Crippen LogP contribution in [0.1, 0.15) is 6.42 Å². The van der Waals surface area contributed by atoms with Gasteiger partial charge in [-0.2, -0.15) is 0 Å². The molecular formula is C7H16N2O3. The van der Waals surface area contributed by atoms with E-state index in [0.29, 0.717) is 13.0 Å². The molecule has 0 heterocycles. The maximum atomic E-state index is 10.8. The lowest BCUT2D eigenvalue weighted by Gasteiger charge is -2.15. The number of nitrogens with two attached hydrogens (primary N) is 1. The van der Waals surface area contributed by atoms with Crippen LogP contribution in [0.5, 0.6) is 0 Å². The predicted octanol–water partition coefficient (Wildman–Crippen LogP) is -1.54. The number of ether oxygens (including phenoxy) is 1. The van der Waals surface area contributed by atoms with Crippen molar-refractivity contribution in [2.45, 2.75) is 12.5 Å². The Labute approximate surface area is 71.9 Å². The second kappa shape index (κ2) is 7.02. The number of aliphatic hydroxyl groups excluding tert-OH is 1. The SMILES string of the molecule is COCC(CCO)NC(=O)CN. The van der Waals surface area contributed by atoms with Gasteiger partial charge < -0.3 is 20.9 Å². The molecule has 0 rings (SSSR count). The summed E-state index contributed by atoms with van der Waals surface area (Å²) in [5.74, 6) is -0.231. The van der Waals surface area contributed by atoms with Crippen LogP contribution >= 0.6 is 0 Å². The summed E-state index contributed by atoms with van der Waals surface area (Å²) in [7, 11) is 1.54. The molecule has 0 aromatic heterocycles. The maximum absolute atomic E-state index is 10.8. The molecule has 0 bridgehead atoms. The Morgan fingerprint density at radius 2 is 2.42 bits per heavy atom. The number of nitrogens with one attached hydrogen (secondary N) is 1.